The summed E-state index contributed by atoms with van der Waals surface area (Å²) >= 11 is 1.61. The minimum absolute atomic E-state index is 0.0401. The van der Waals surface area contributed by atoms with Crippen LogP contribution in [0.3, 0.4) is 0 Å². The molecule has 8 nitrogen and oxygen atoms in total. The molecule has 0 radical (unpaired) electrons. The van der Waals surface area contributed by atoms with Crippen molar-refractivity contribution in [2.45, 2.75) is 19.9 Å². The second-order valence-corrected chi connectivity index (χ2v) is 8.90. The molecule has 0 spiro atoms. The number of nitrogens with one attached hydrogen (secondary N) is 2. The van der Waals surface area contributed by atoms with Crippen LogP contribution in [-0.4, -0.2) is 38.1 Å². The molecule has 2 aromatic carbocycles. The summed E-state index contributed by atoms with van der Waals surface area (Å²) in [6.07, 6.45) is 1.57. The second-order valence-electron chi connectivity index (χ2n) is 8.02. The lowest BCUT2D eigenvalue weighted by Gasteiger charge is -2.20. The van der Waals surface area contributed by atoms with Gasteiger partial charge in [0, 0.05) is 30.6 Å². The van der Waals surface area contributed by atoms with Crippen LogP contribution in [-0.2, 0) is 0 Å². The van der Waals surface area contributed by atoms with E-state index in [4.69, 9.17) is 0 Å². The zero-order valence-corrected chi connectivity index (χ0v) is 19.8. The summed E-state index contributed by atoms with van der Waals surface area (Å²) < 4.78 is 1.13. The highest BCUT2D eigenvalue weighted by molar-refractivity contribution is 7.16. The maximum atomic E-state index is 12.7. The van der Waals surface area contributed by atoms with Crippen molar-refractivity contribution in [3.8, 4) is 11.3 Å². The minimum Gasteiger partial charge on any atom is -0.363 e. The molecule has 0 aliphatic heterocycles. The highest BCUT2D eigenvalue weighted by atomic mass is 32.1. The molecule has 0 saturated heterocycles. The van der Waals surface area contributed by atoms with Gasteiger partial charge in [-0.25, -0.2) is 15.0 Å². The smallest absolute Gasteiger partial charge is 0.276 e. The fraction of sp³-hybridized carbons (Fsp3) is 0.160. The zero-order valence-electron chi connectivity index (χ0n) is 19.0. The average Bonchev–Trinajstić information content (AvgIpc) is 3.54. The van der Waals surface area contributed by atoms with E-state index < -0.39 is 0 Å². The van der Waals surface area contributed by atoms with Crippen LogP contribution >= 0.6 is 11.3 Å². The van der Waals surface area contributed by atoms with E-state index in [9.17, 15) is 4.79 Å². The van der Waals surface area contributed by atoms with Crippen LogP contribution in [0.4, 0.5) is 11.5 Å². The van der Waals surface area contributed by atoms with Crippen molar-refractivity contribution in [3.05, 3.63) is 83.4 Å². The number of fused-ring (bicyclic) bond motifs is 1. The number of rotatable bonds is 6. The normalized spacial score (nSPS) is 12.0. The number of aryl methyl sites for hydroxylation is 1. The first-order chi connectivity index (χ1) is 16.5. The van der Waals surface area contributed by atoms with Crippen molar-refractivity contribution >= 4 is 39.0 Å². The Hall–Kier alpha value is -4.11. The van der Waals surface area contributed by atoms with E-state index in [0.29, 0.717) is 11.5 Å². The molecule has 170 valence electrons. The number of benzene rings is 2. The molecule has 2 N–H and O–H groups in total. The number of carbonyl (C=O) groups excluding carboxylic acids is 1. The van der Waals surface area contributed by atoms with Crippen LogP contribution in [0.1, 0.15) is 34.8 Å². The van der Waals surface area contributed by atoms with Gasteiger partial charge in [0.15, 0.2) is 0 Å². The van der Waals surface area contributed by atoms with Gasteiger partial charge in [0.25, 0.3) is 5.91 Å². The Labute approximate surface area is 200 Å². The number of anilines is 2. The summed E-state index contributed by atoms with van der Waals surface area (Å²) in [5, 5.41) is 10.1. The molecule has 5 aromatic rings. The monoisotopic (exact) mass is 469 g/mol. The summed E-state index contributed by atoms with van der Waals surface area (Å²) in [6.45, 7) is 3.96. The third-order valence-corrected chi connectivity index (χ3v) is 6.41. The van der Waals surface area contributed by atoms with Crippen LogP contribution in [0.15, 0.2) is 66.3 Å². The highest BCUT2D eigenvalue weighted by Gasteiger charge is 2.16. The molecule has 3 heterocycles. The Morgan fingerprint density at radius 2 is 2.00 bits per heavy atom. The van der Waals surface area contributed by atoms with Crippen LogP contribution in [0, 0.1) is 6.92 Å². The third kappa shape index (κ3) is 4.38. The van der Waals surface area contributed by atoms with Gasteiger partial charge in [0.2, 0.25) is 0 Å². The standard InChI is InChI=1S/C25H23N7OS/c1-15(17-5-4-6-19(11-17)32(3)25(33)21-9-10-27-31-21)28-24-13-22(29-16(2)30-24)18-7-8-20-23(12-18)34-14-26-20/h4-15H,1-3H3,(H,27,31)(H,28,29,30). The Morgan fingerprint density at radius 3 is 2.82 bits per heavy atom. The lowest BCUT2D eigenvalue weighted by atomic mass is 10.1. The van der Waals surface area contributed by atoms with E-state index in [1.54, 1.807) is 35.5 Å². The van der Waals surface area contributed by atoms with E-state index in [2.05, 4.69) is 43.5 Å². The Kier molecular flexibility index (Phi) is 5.77. The molecule has 1 unspecified atom stereocenters. The van der Waals surface area contributed by atoms with Crippen molar-refractivity contribution < 1.29 is 4.79 Å². The average molecular weight is 470 g/mol. The number of hydrogen-bond acceptors (Lipinski definition) is 7. The molecule has 0 aliphatic carbocycles. The lowest BCUT2D eigenvalue weighted by Crippen LogP contribution is -2.26. The molecule has 1 amide bonds. The van der Waals surface area contributed by atoms with Crippen LogP contribution in [0.2, 0.25) is 0 Å². The summed E-state index contributed by atoms with van der Waals surface area (Å²) in [5.74, 6) is 1.28. The molecule has 9 heteroatoms. The van der Waals surface area contributed by atoms with Crippen LogP contribution < -0.4 is 10.2 Å². The van der Waals surface area contributed by atoms with Crippen molar-refractivity contribution in [2.24, 2.45) is 0 Å². The summed E-state index contributed by atoms with van der Waals surface area (Å²) in [6, 6.07) is 17.6. The first-order valence-corrected chi connectivity index (χ1v) is 11.7. The molecule has 0 fully saturated rings. The van der Waals surface area contributed by atoms with Gasteiger partial charge in [0.05, 0.1) is 27.5 Å². The SMILES string of the molecule is Cc1nc(NC(C)c2cccc(N(C)C(=O)c3ccn[nH]3)c2)cc(-c2ccc3ncsc3c2)n1. The van der Waals surface area contributed by atoms with E-state index in [-0.39, 0.29) is 11.9 Å². The van der Waals surface area contributed by atoms with E-state index in [1.807, 2.05) is 54.9 Å². The second kappa shape index (κ2) is 9.03. The fourth-order valence-electron chi connectivity index (χ4n) is 3.78. The molecule has 3 aromatic heterocycles. The third-order valence-electron chi connectivity index (χ3n) is 5.62. The topological polar surface area (TPSA) is 99.7 Å². The largest absolute Gasteiger partial charge is 0.363 e. The lowest BCUT2D eigenvalue weighted by molar-refractivity contribution is 0.0988. The van der Waals surface area contributed by atoms with Crippen LogP contribution in [0.25, 0.3) is 21.5 Å². The van der Waals surface area contributed by atoms with Crippen molar-refractivity contribution in [1.29, 1.82) is 0 Å². The summed E-state index contributed by atoms with van der Waals surface area (Å²) in [7, 11) is 1.75. The molecule has 5 rings (SSSR count). The summed E-state index contributed by atoms with van der Waals surface area (Å²) in [4.78, 5) is 27.9. The number of H-pyrrole nitrogens is 1. The Balaban J connectivity index is 1.37. The van der Waals surface area contributed by atoms with Crippen LogP contribution in [0.5, 0.6) is 0 Å². The van der Waals surface area contributed by atoms with E-state index in [1.165, 1.54) is 0 Å². The number of aromatic nitrogens is 5. The van der Waals surface area contributed by atoms with Gasteiger partial charge >= 0.3 is 0 Å². The zero-order chi connectivity index (χ0) is 23.7. The van der Waals surface area contributed by atoms with Gasteiger partial charge in [-0.05, 0) is 49.7 Å². The number of amides is 1. The first-order valence-electron chi connectivity index (χ1n) is 10.8. The van der Waals surface area contributed by atoms with E-state index in [0.717, 1.165) is 38.5 Å². The molecule has 0 bridgehead atoms. The quantitative estimate of drug-likeness (QED) is 0.353. The van der Waals surface area contributed by atoms with Gasteiger partial charge in [0.1, 0.15) is 17.3 Å². The maximum Gasteiger partial charge on any atom is 0.276 e. The number of carbonyl (C=O) groups is 1. The van der Waals surface area contributed by atoms with E-state index >= 15 is 0 Å². The van der Waals surface area contributed by atoms with Gasteiger partial charge in [-0.2, -0.15) is 5.10 Å². The fourth-order valence-corrected chi connectivity index (χ4v) is 4.50. The number of hydrogen-bond donors (Lipinski definition) is 2. The van der Waals surface area contributed by atoms with Gasteiger partial charge in [-0.1, -0.05) is 18.2 Å². The first kappa shape index (κ1) is 21.7. The summed E-state index contributed by atoms with van der Waals surface area (Å²) in [5.41, 5.74) is 6.99. The van der Waals surface area contributed by atoms with Crippen molar-refractivity contribution in [2.75, 3.05) is 17.3 Å². The highest BCUT2D eigenvalue weighted by Crippen LogP contribution is 2.28. The number of nitrogens with zero attached hydrogens (tertiary/aromatic N) is 5. The number of aromatic amines is 1. The molecular weight excluding hydrogens is 446 g/mol. The molecule has 34 heavy (non-hydrogen) atoms. The Morgan fingerprint density at radius 1 is 1.12 bits per heavy atom. The maximum absolute atomic E-state index is 12.7. The van der Waals surface area contributed by atoms with Gasteiger partial charge in [-0.3, -0.25) is 9.89 Å². The van der Waals surface area contributed by atoms with Crippen molar-refractivity contribution in [1.82, 2.24) is 25.1 Å². The van der Waals surface area contributed by atoms with Gasteiger partial charge in [-0.15, -0.1) is 11.3 Å². The number of thiazole rings is 1. The molecule has 1 atom stereocenters. The van der Waals surface area contributed by atoms with Gasteiger partial charge < -0.3 is 10.2 Å². The molecular formula is C25H23N7OS. The predicted molar refractivity (Wildman–Crippen MR) is 135 cm³/mol. The van der Waals surface area contributed by atoms with Crippen molar-refractivity contribution in [3.63, 3.8) is 0 Å². The minimum atomic E-state index is -0.149. The molecule has 0 aliphatic rings. The predicted octanol–water partition coefficient (Wildman–Crippen LogP) is 5.23. The Bertz CT molecular complexity index is 1460. The molecule has 0 saturated carbocycles.